The molecule has 0 saturated carbocycles. The predicted octanol–water partition coefficient (Wildman–Crippen LogP) is 2.87. The molecule has 0 spiro atoms. The normalized spacial score (nSPS) is 11.2. The van der Waals surface area contributed by atoms with Gasteiger partial charge in [0.25, 0.3) is 0 Å². The van der Waals surface area contributed by atoms with Crippen molar-refractivity contribution in [2.45, 2.75) is 20.3 Å². The Bertz CT molecular complexity index is 572. The number of fused-ring (bicyclic) bond motifs is 1. The van der Waals surface area contributed by atoms with E-state index in [0.29, 0.717) is 16.8 Å². The van der Waals surface area contributed by atoms with Crippen LogP contribution in [0.25, 0.3) is 10.9 Å². The van der Waals surface area contributed by atoms with Crippen molar-refractivity contribution in [3.05, 3.63) is 46.0 Å². The van der Waals surface area contributed by atoms with Gasteiger partial charge in [0.1, 0.15) is 5.82 Å². The number of hydrogen-bond donors (Lipinski definition) is 1. The minimum Gasteiger partial charge on any atom is -0.358 e. The van der Waals surface area contributed by atoms with Gasteiger partial charge < -0.3 is 4.98 Å². The molecule has 0 amide bonds. The van der Waals surface area contributed by atoms with E-state index in [1.807, 2.05) is 0 Å². The van der Waals surface area contributed by atoms with Gasteiger partial charge in [0.15, 0.2) is 5.43 Å². The van der Waals surface area contributed by atoms with Crippen LogP contribution >= 0.6 is 0 Å². The summed E-state index contributed by atoms with van der Waals surface area (Å²) in [5, 5.41) is 0.410. The lowest BCUT2D eigenvalue weighted by atomic mass is 10.1. The van der Waals surface area contributed by atoms with Gasteiger partial charge in [-0.2, -0.15) is 0 Å². The number of benzene rings is 1. The van der Waals surface area contributed by atoms with Crippen LogP contribution in [0, 0.1) is 11.7 Å². The number of aromatic amines is 1. The van der Waals surface area contributed by atoms with E-state index in [1.54, 1.807) is 12.1 Å². The number of halogens is 1. The van der Waals surface area contributed by atoms with Crippen molar-refractivity contribution in [1.29, 1.82) is 0 Å². The van der Waals surface area contributed by atoms with E-state index in [1.165, 1.54) is 12.1 Å². The monoisotopic (exact) mass is 219 g/mol. The highest BCUT2D eigenvalue weighted by atomic mass is 19.1. The van der Waals surface area contributed by atoms with Gasteiger partial charge in [-0.1, -0.05) is 13.8 Å². The predicted molar refractivity (Wildman–Crippen MR) is 63.1 cm³/mol. The number of aromatic nitrogens is 1. The van der Waals surface area contributed by atoms with Crippen LogP contribution in [0.3, 0.4) is 0 Å². The molecule has 0 saturated heterocycles. The lowest BCUT2D eigenvalue weighted by Crippen LogP contribution is -2.07. The van der Waals surface area contributed by atoms with Crippen LogP contribution < -0.4 is 5.43 Å². The largest absolute Gasteiger partial charge is 0.358 e. The quantitative estimate of drug-likeness (QED) is 0.827. The molecule has 0 aliphatic heterocycles. The van der Waals surface area contributed by atoms with Crippen LogP contribution in [-0.4, -0.2) is 4.98 Å². The number of nitrogens with one attached hydrogen (secondary N) is 1. The van der Waals surface area contributed by atoms with E-state index in [-0.39, 0.29) is 11.2 Å². The smallest absolute Gasteiger partial charge is 0.189 e. The van der Waals surface area contributed by atoms with E-state index in [9.17, 15) is 9.18 Å². The van der Waals surface area contributed by atoms with Gasteiger partial charge in [0.2, 0.25) is 0 Å². The third-order valence-corrected chi connectivity index (χ3v) is 2.48. The standard InChI is InChI=1S/C13H14FNO/c1-8(2)5-10-7-13(16)11-6-9(14)3-4-12(11)15-10/h3-4,6-8H,5H2,1-2H3,(H,15,16). The van der Waals surface area contributed by atoms with Crippen LogP contribution in [-0.2, 0) is 6.42 Å². The molecule has 0 unspecified atom stereocenters. The summed E-state index contributed by atoms with van der Waals surface area (Å²) in [4.78, 5) is 14.9. The molecule has 0 aliphatic rings. The Hall–Kier alpha value is -1.64. The number of hydrogen-bond acceptors (Lipinski definition) is 1. The van der Waals surface area contributed by atoms with E-state index in [0.717, 1.165) is 12.1 Å². The summed E-state index contributed by atoms with van der Waals surface area (Å²) in [6.45, 7) is 4.18. The van der Waals surface area contributed by atoms with Gasteiger partial charge in [-0.15, -0.1) is 0 Å². The van der Waals surface area contributed by atoms with Crippen molar-refractivity contribution < 1.29 is 4.39 Å². The first-order valence-corrected chi connectivity index (χ1v) is 5.37. The molecule has 84 valence electrons. The SMILES string of the molecule is CC(C)Cc1cc(=O)c2cc(F)ccc2[nH]1. The Kier molecular flexibility index (Phi) is 2.77. The lowest BCUT2D eigenvalue weighted by Gasteiger charge is -2.06. The van der Waals surface area contributed by atoms with Crippen molar-refractivity contribution >= 4 is 10.9 Å². The number of pyridine rings is 1. The molecule has 0 fully saturated rings. The van der Waals surface area contributed by atoms with Gasteiger partial charge in [-0.25, -0.2) is 4.39 Å². The van der Waals surface area contributed by atoms with Crippen molar-refractivity contribution in [2.24, 2.45) is 5.92 Å². The Morgan fingerprint density at radius 2 is 2.06 bits per heavy atom. The first-order chi connectivity index (χ1) is 7.56. The number of rotatable bonds is 2. The molecule has 3 heteroatoms. The van der Waals surface area contributed by atoms with Crippen molar-refractivity contribution in [1.82, 2.24) is 4.98 Å². The van der Waals surface area contributed by atoms with Crippen molar-refractivity contribution in [2.75, 3.05) is 0 Å². The van der Waals surface area contributed by atoms with Crippen LogP contribution in [0.2, 0.25) is 0 Å². The summed E-state index contributed by atoms with van der Waals surface area (Å²) in [5.74, 6) is 0.100. The van der Waals surface area contributed by atoms with Crippen LogP contribution in [0.1, 0.15) is 19.5 Å². The first kappa shape index (κ1) is 10.9. The summed E-state index contributed by atoms with van der Waals surface area (Å²) < 4.78 is 13.0. The summed E-state index contributed by atoms with van der Waals surface area (Å²) in [6.07, 6.45) is 0.822. The maximum Gasteiger partial charge on any atom is 0.189 e. The zero-order valence-electron chi connectivity index (χ0n) is 9.38. The maximum atomic E-state index is 13.0. The molecule has 2 aromatic rings. The Morgan fingerprint density at radius 1 is 1.31 bits per heavy atom. The van der Waals surface area contributed by atoms with E-state index in [4.69, 9.17) is 0 Å². The van der Waals surface area contributed by atoms with E-state index >= 15 is 0 Å². The van der Waals surface area contributed by atoms with Gasteiger partial charge >= 0.3 is 0 Å². The fourth-order valence-electron chi connectivity index (χ4n) is 1.82. The fourth-order valence-corrected chi connectivity index (χ4v) is 1.82. The topological polar surface area (TPSA) is 32.9 Å². The van der Waals surface area contributed by atoms with Crippen molar-refractivity contribution in [3.63, 3.8) is 0 Å². The molecule has 16 heavy (non-hydrogen) atoms. The molecule has 0 atom stereocenters. The Morgan fingerprint density at radius 3 is 2.75 bits per heavy atom. The molecular weight excluding hydrogens is 205 g/mol. The third kappa shape index (κ3) is 2.13. The average Bonchev–Trinajstić information content (AvgIpc) is 2.18. The molecule has 1 aromatic heterocycles. The summed E-state index contributed by atoms with van der Waals surface area (Å²) >= 11 is 0. The van der Waals surface area contributed by atoms with Crippen LogP contribution in [0.4, 0.5) is 4.39 Å². The molecule has 2 nitrogen and oxygen atoms in total. The van der Waals surface area contributed by atoms with E-state index < -0.39 is 0 Å². The summed E-state index contributed by atoms with van der Waals surface area (Å²) in [7, 11) is 0. The van der Waals surface area contributed by atoms with Crippen LogP contribution in [0.5, 0.6) is 0 Å². The lowest BCUT2D eigenvalue weighted by molar-refractivity contribution is 0.628. The van der Waals surface area contributed by atoms with Gasteiger partial charge in [-0.3, -0.25) is 4.79 Å². The molecule has 2 rings (SSSR count). The van der Waals surface area contributed by atoms with Crippen molar-refractivity contribution in [3.8, 4) is 0 Å². The van der Waals surface area contributed by atoms with E-state index in [2.05, 4.69) is 18.8 Å². The maximum absolute atomic E-state index is 13.0. The highest BCUT2D eigenvalue weighted by Crippen LogP contribution is 2.12. The minimum absolute atomic E-state index is 0.121. The molecule has 0 bridgehead atoms. The average molecular weight is 219 g/mol. The highest BCUT2D eigenvalue weighted by Gasteiger charge is 2.04. The molecule has 0 aliphatic carbocycles. The van der Waals surface area contributed by atoms with Crippen LogP contribution in [0.15, 0.2) is 29.1 Å². The first-order valence-electron chi connectivity index (χ1n) is 5.37. The molecule has 1 N–H and O–H groups in total. The second-order valence-electron chi connectivity index (χ2n) is 4.45. The zero-order valence-corrected chi connectivity index (χ0v) is 9.38. The summed E-state index contributed by atoms with van der Waals surface area (Å²) in [6, 6.07) is 5.79. The van der Waals surface area contributed by atoms with Gasteiger partial charge in [0, 0.05) is 22.7 Å². The van der Waals surface area contributed by atoms with Gasteiger partial charge in [0.05, 0.1) is 0 Å². The summed E-state index contributed by atoms with van der Waals surface area (Å²) in [5.41, 5.74) is 1.48. The molecule has 1 aromatic carbocycles. The second-order valence-corrected chi connectivity index (χ2v) is 4.45. The van der Waals surface area contributed by atoms with Gasteiger partial charge in [-0.05, 0) is 30.5 Å². The Labute approximate surface area is 93.1 Å². The molecule has 0 radical (unpaired) electrons. The fraction of sp³-hybridized carbons (Fsp3) is 0.308. The number of H-pyrrole nitrogens is 1. The highest BCUT2D eigenvalue weighted by molar-refractivity contribution is 5.78. The zero-order chi connectivity index (χ0) is 11.7. The molecule has 1 heterocycles. The molecular formula is C13H14FNO. The minimum atomic E-state index is -0.380. The Balaban J connectivity index is 2.59. The third-order valence-electron chi connectivity index (χ3n) is 2.48. The second kappa shape index (κ2) is 4.08.